The molecule has 0 aromatic heterocycles. The van der Waals surface area contributed by atoms with Gasteiger partial charge >= 0.3 is 0 Å². The minimum atomic E-state index is -0.561. The summed E-state index contributed by atoms with van der Waals surface area (Å²) in [6.07, 6.45) is 1.63. The van der Waals surface area contributed by atoms with E-state index in [1.54, 1.807) is 4.90 Å². The van der Waals surface area contributed by atoms with Crippen molar-refractivity contribution in [3.8, 4) is 0 Å². The second-order valence-electron chi connectivity index (χ2n) is 7.75. The maximum atomic E-state index is 12.8. The number of nitrogens with two attached hydrogens (primary N) is 1. The molecule has 0 aliphatic carbocycles. The van der Waals surface area contributed by atoms with Crippen molar-refractivity contribution in [2.45, 2.75) is 50.9 Å². The van der Waals surface area contributed by atoms with Crippen LogP contribution < -0.4 is 11.1 Å². The van der Waals surface area contributed by atoms with Crippen molar-refractivity contribution in [2.75, 3.05) is 13.1 Å². The molecule has 3 heterocycles. The Hall–Kier alpha value is -2.25. The molecule has 0 bridgehead atoms. The molecule has 3 amide bonds. The van der Waals surface area contributed by atoms with Gasteiger partial charge in [-0.3, -0.25) is 24.6 Å². The third-order valence-electron chi connectivity index (χ3n) is 5.78. The smallest absolute Gasteiger partial charge is 0.255 e. The molecule has 2 fully saturated rings. The van der Waals surface area contributed by atoms with Crippen LogP contribution >= 0.6 is 0 Å². The second-order valence-corrected chi connectivity index (χ2v) is 7.75. The highest BCUT2D eigenvalue weighted by atomic mass is 16.2. The zero-order chi connectivity index (χ0) is 18.5. The molecule has 4 rings (SSSR count). The van der Waals surface area contributed by atoms with Gasteiger partial charge in [-0.15, -0.1) is 0 Å². The standard InChI is InChI=1S/C19H24N4O3/c1-2-19(20)10-22(11-19)8-12-3-4-13-9-23(18(26)14(13)7-12)15-5-6-16(24)21-17(15)25/h3-4,7,15H,2,5-6,8-11,20H2,1H3,(H,21,24,25). The average molecular weight is 356 g/mol. The molecule has 138 valence electrons. The number of likely N-dealkylation sites (tertiary alicyclic amines) is 1. The summed E-state index contributed by atoms with van der Waals surface area (Å²) >= 11 is 0. The summed E-state index contributed by atoms with van der Waals surface area (Å²) in [7, 11) is 0. The Morgan fingerprint density at radius 1 is 1.27 bits per heavy atom. The second kappa shape index (κ2) is 6.17. The largest absolute Gasteiger partial charge is 0.323 e. The number of hydrogen-bond acceptors (Lipinski definition) is 5. The Morgan fingerprint density at radius 2 is 2.04 bits per heavy atom. The summed E-state index contributed by atoms with van der Waals surface area (Å²) in [6, 6.07) is 5.40. The van der Waals surface area contributed by atoms with Crippen LogP contribution in [0.15, 0.2) is 18.2 Å². The molecule has 3 aliphatic rings. The fourth-order valence-electron chi connectivity index (χ4n) is 4.14. The highest BCUT2D eigenvalue weighted by Crippen LogP contribution is 2.29. The van der Waals surface area contributed by atoms with Gasteiger partial charge in [-0.25, -0.2) is 0 Å². The van der Waals surface area contributed by atoms with E-state index in [0.717, 1.165) is 37.2 Å². The van der Waals surface area contributed by atoms with Crippen molar-refractivity contribution in [2.24, 2.45) is 5.73 Å². The van der Waals surface area contributed by atoms with E-state index < -0.39 is 6.04 Å². The maximum absolute atomic E-state index is 12.8. The lowest BCUT2D eigenvalue weighted by molar-refractivity contribution is -0.136. The van der Waals surface area contributed by atoms with Crippen molar-refractivity contribution in [3.63, 3.8) is 0 Å². The Balaban J connectivity index is 1.46. The van der Waals surface area contributed by atoms with Crippen LogP contribution in [0.3, 0.4) is 0 Å². The topological polar surface area (TPSA) is 95.7 Å². The van der Waals surface area contributed by atoms with Gasteiger partial charge in [0.2, 0.25) is 11.8 Å². The predicted molar refractivity (Wildman–Crippen MR) is 95.0 cm³/mol. The van der Waals surface area contributed by atoms with Gasteiger partial charge < -0.3 is 10.6 Å². The van der Waals surface area contributed by atoms with Gasteiger partial charge in [0.05, 0.1) is 0 Å². The van der Waals surface area contributed by atoms with E-state index in [1.807, 2.05) is 18.2 Å². The van der Waals surface area contributed by atoms with E-state index in [0.29, 0.717) is 18.5 Å². The first-order valence-electron chi connectivity index (χ1n) is 9.16. The summed E-state index contributed by atoms with van der Waals surface area (Å²) in [5.74, 6) is -0.765. The van der Waals surface area contributed by atoms with Gasteiger partial charge in [-0.1, -0.05) is 19.1 Å². The molecular weight excluding hydrogens is 332 g/mol. The number of carbonyl (C=O) groups excluding carboxylic acids is 3. The van der Waals surface area contributed by atoms with Crippen LogP contribution in [0.25, 0.3) is 0 Å². The lowest BCUT2D eigenvalue weighted by Crippen LogP contribution is -2.66. The lowest BCUT2D eigenvalue weighted by Gasteiger charge is -2.47. The maximum Gasteiger partial charge on any atom is 0.255 e. The Kier molecular flexibility index (Phi) is 4.08. The van der Waals surface area contributed by atoms with Gasteiger partial charge in [-0.2, -0.15) is 0 Å². The van der Waals surface area contributed by atoms with E-state index >= 15 is 0 Å². The van der Waals surface area contributed by atoms with E-state index in [4.69, 9.17) is 5.73 Å². The molecule has 0 spiro atoms. The summed E-state index contributed by atoms with van der Waals surface area (Å²) in [5.41, 5.74) is 8.83. The summed E-state index contributed by atoms with van der Waals surface area (Å²) in [6.45, 7) is 5.05. The molecule has 3 aliphatic heterocycles. The highest BCUT2D eigenvalue weighted by Gasteiger charge is 2.40. The molecule has 7 heteroatoms. The molecule has 0 radical (unpaired) electrons. The first-order valence-corrected chi connectivity index (χ1v) is 9.16. The number of hydrogen-bond donors (Lipinski definition) is 2. The number of carbonyl (C=O) groups is 3. The van der Waals surface area contributed by atoms with Crippen molar-refractivity contribution < 1.29 is 14.4 Å². The quantitative estimate of drug-likeness (QED) is 0.760. The van der Waals surface area contributed by atoms with Crippen LogP contribution in [0, 0.1) is 0 Å². The monoisotopic (exact) mass is 356 g/mol. The summed E-state index contributed by atoms with van der Waals surface area (Å²) in [4.78, 5) is 40.1. The Labute approximate surface area is 152 Å². The number of imide groups is 1. The molecule has 1 atom stereocenters. The Morgan fingerprint density at radius 3 is 2.73 bits per heavy atom. The van der Waals surface area contributed by atoms with Crippen molar-refractivity contribution in [1.82, 2.24) is 15.1 Å². The number of amides is 3. The average Bonchev–Trinajstić information content (AvgIpc) is 2.90. The van der Waals surface area contributed by atoms with Crippen molar-refractivity contribution >= 4 is 17.7 Å². The first kappa shape index (κ1) is 17.2. The van der Waals surface area contributed by atoms with E-state index in [1.165, 1.54) is 0 Å². The molecular formula is C19H24N4O3. The van der Waals surface area contributed by atoms with Crippen LogP contribution in [0.1, 0.15) is 47.7 Å². The van der Waals surface area contributed by atoms with Crippen LogP contribution in [-0.4, -0.2) is 52.2 Å². The number of piperidine rings is 1. The molecule has 7 nitrogen and oxygen atoms in total. The van der Waals surface area contributed by atoms with E-state index in [-0.39, 0.29) is 29.7 Å². The molecule has 0 saturated carbocycles. The van der Waals surface area contributed by atoms with Gasteiger partial charge in [-0.05, 0) is 30.0 Å². The number of rotatable bonds is 4. The zero-order valence-corrected chi connectivity index (χ0v) is 15.0. The highest BCUT2D eigenvalue weighted by molar-refractivity contribution is 6.05. The SMILES string of the molecule is CCC1(N)CN(Cc2ccc3c(c2)C(=O)N(C2CCC(=O)NC2=O)C3)C1. The summed E-state index contributed by atoms with van der Waals surface area (Å²) < 4.78 is 0. The van der Waals surface area contributed by atoms with Crippen LogP contribution in [-0.2, 0) is 22.7 Å². The fraction of sp³-hybridized carbons (Fsp3) is 0.526. The first-order chi connectivity index (χ1) is 12.4. The van der Waals surface area contributed by atoms with Gasteiger partial charge in [0.25, 0.3) is 5.91 Å². The third kappa shape index (κ3) is 2.91. The number of benzene rings is 1. The van der Waals surface area contributed by atoms with E-state index in [2.05, 4.69) is 17.1 Å². The van der Waals surface area contributed by atoms with Crippen molar-refractivity contribution in [3.05, 3.63) is 34.9 Å². The van der Waals surface area contributed by atoms with Gasteiger partial charge in [0, 0.05) is 43.7 Å². The molecule has 2 saturated heterocycles. The zero-order valence-electron chi connectivity index (χ0n) is 15.0. The molecule has 3 N–H and O–H groups in total. The van der Waals surface area contributed by atoms with Gasteiger partial charge in [0.1, 0.15) is 6.04 Å². The fourth-order valence-corrected chi connectivity index (χ4v) is 4.14. The van der Waals surface area contributed by atoms with Crippen LogP contribution in [0.2, 0.25) is 0 Å². The number of nitrogens with zero attached hydrogens (tertiary/aromatic N) is 2. The third-order valence-corrected chi connectivity index (χ3v) is 5.78. The van der Waals surface area contributed by atoms with E-state index in [9.17, 15) is 14.4 Å². The number of nitrogens with one attached hydrogen (secondary N) is 1. The summed E-state index contributed by atoms with van der Waals surface area (Å²) in [5, 5.41) is 2.33. The molecule has 1 aromatic carbocycles. The normalized spacial score (nSPS) is 25.1. The lowest BCUT2D eigenvalue weighted by atomic mass is 9.88. The Bertz CT molecular complexity index is 785. The van der Waals surface area contributed by atoms with Gasteiger partial charge in [0.15, 0.2) is 0 Å². The number of fused-ring (bicyclic) bond motifs is 1. The van der Waals surface area contributed by atoms with Crippen LogP contribution in [0.5, 0.6) is 0 Å². The minimum Gasteiger partial charge on any atom is -0.323 e. The molecule has 1 unspecified atom stereocenters. The molecule has 1 aromatic rings. The predicted octanol–water partition coefficient (Wildman–Crippen LogP) is 0.371. The molecule has 26 heavy (non-hydrogen) atoms. The minimum absolute atomic E-state index is 0.0743. The van der Waals surface area contributed by atoms with Crippen LogP contribution in [0.4, 0.5) is 0 Å². The van der Waals surface area contributed by atoms with Crippen molar-refractivity contribution in [1.29, 1.82) is 0 Å².